The second-order valence-electron chi connectivity index (χ2n) is 7.83. The topological polar surface area (TPSA) is 84.5 Å². The Morgan fingerprint density at radius 2 is 0.963 bits per heavy atom. The predicted molar refractivity (Wildman–Crippen MR) is 100 cm³/mol. The van der Waals surface area contributed by atoms with E-state index >= 15 is 0 Å². The van der Waals surface area contributed by atoms with Crippen LogP contribution in [-0.2, 0) is 18.9 Å². The van der Waals surface area contributed by atoms with Crippen LogP contribution in [0.1, 0.15) is 77.0 Å². The van der Waals surface area contributed by atoms with Crippen molar-refractivity contribution >= 4 is 0 Å². The molecule has 0 aromatic carbocycles. The lowest BCUT2D eigenvalue weighted by atomic mass is 9.90. The first-order chi connectivity index (χ1) is 13.3. The van der Waals surface area contributed by atoms with Crippen LogP contribution in [0, 0.1) is 28.1 Å². The minimum absolute atomic E-state index is 0.113. The van der Waals surface area contributed by atoms with E-state index in [1.54, 1.807) is 0 Å². The third-order valence-corrected chi connectivity index (χ3v) is 5.26. The summed E-state index contributed by atoms with van der Waals surface area (Å²) < 4.78 is 23.6. The zero-order valence-corrected chi connectivity index (χ0v) is 16.5. The molecule has 1 spiro atoms. The molecule has 2 heterocycles. The molecule has 27 heavy (non-hydrogen) atoms. The number of nitrogens with zero attached hydrogens (tertiary/aromatic N) is 2. The fourth-order valence-electron chi connectivity index (χ4n) is 3.50. The number of ether oxygens (including phenoxy) is 4. The highest BCUT2D eigenvalue weighted by atomic mass is 16.7. The SMILES string of the molecule is N#CCCCCCCC1OCC2(CO1)COC(CCCCCCC#N)OC2. The van der Waals surface area contributed by atoms with Crippen molar-refractivity contribution in [3.63, 3.8) is 0 Å². The van der Waals surface area contributed by atoms with E-state index in [2.05, 4.69) is 12.1 Å². The molecule has 2 saturated heterocycles. The minimum atomic E-state index is -0.160. The molecule has 0 aromatic rings. The minimum Gasteiger partial charge on any atom is -0.352 e. The molecule has 0 amide bonds. The molecule has 0 atom stereocenters. The summed E-state index contributed by atoms with van der Waals surface area (Å²) in [7, 11) is 0. The van der Waals surface area contributed by atoms with Gasteiger partial charge in [-0.15, -0.1) is 0 Å². The number of hydrogen-bond donors (Lipinski definition) is 0. The summed E-state index contributed by atoms with van der Waals surface area (Å²) in [6.07, 6.45) is 11.5. The van der Waals surface area contributed by atoms with Crippen LogP contribution in [0.3, 0.4) is 0 Å². The maximum atomic E-state index is 8.53. The second-order valence-corrected chi connectivity index (χ2v) is 7.83. The van der Waals surface area contributed by atoms with E-state index in [0.29, 0.717) is 39.3 Å². The highest BCUT2D eigenvalue weighted by Gasteiger charge is 2.41. The van der Waals surface area contributed by atoms with Crippen LogP contribution in [0.5, 0.6) is 0 Å². The van der Waals surface area contributed by atoms with Crippen molar-refractivity contribution < 1.29 is 18.9 Å². The molecule has 0 aliphatic carbocycles. The number of nitriles is 2. The van der Waals surface area contributed by atoms with Crippen molar-refractivity contribution in [1.82, 2.24) is 0 Å². The van der Waals surface area contributed by atoms with Gasteiger partial charge in [0, 0.05) is 12.8 Å². The summed E-state index contributed by atoms with van der Waals surface area (Å²) >= 11 is 0. The third kappa shape index (κ3) is 8.58. The fourth-order valence-corrected chi connectivity index (χ4v) is 3.50. The van der Waals surface area contributed by atoms with Crippen LogP contribution in [-0.4, -0.2) is 39.0 Å². The smallest absolute Gasteiger partial charge is 0.157 e. The summed E-state index contributed by atoms with van der Waals surface area (Å²) in [5.41, 5.74) is -0.160. The van der Waals surface area contributed by atoms with Gasteiger partial charge in [-0.05, 0) is 38.5 Å². The van der Waals surface area contributed by atoms with Gasteiger partial charge in [-0.2, -0.15) is 10.5 Å². The number of unbranched alkanes of at least 4 members (excludes halogenated alkanes) is 8. The number of hydrogen-bond acceptors (Lipinski definition) is 6. The normalized spacial score (nSPS) is 27.9. The molecule has 0 radical (unpaired) electrons. The largest absolute Gasteiger partial charge is 0.352 e. The fraction of sp³-hybridized carbons (Fsp3) is 0.905. The van der Waals surface area contributed by atoms with E-state index in [9.17, 15) is 0 Å². The molecule has 2 rings (SSSR count). The first kappa shape index (κ1) is 22.1. The third-order valence-electron chi connectivity index (χ3n) is 5.26. The van der Waals surface area contributed by atoms with E-state index in [-0.39, 0.29) is 18.0 Å². The summed E-state index contributed by atoms with van der Waals surface area (Å²) in [6.45, 7) is 2.53. The molecule has 2 aliphatic rings. The summed E-state index contributed by atoms with van der Waals surface area (Å²) in [5, 5.41) is 17.1. The van der Waals surface area contributed by atoms with Gasteiger partial charge in [0.25, 0.3) is 0 Å². The lowest BCUT2D eigenvalue weighted by Crippen LogP contribution is -2.52. The summed E-state index contributed by atoms with van der Waals surface area (Å²) in [6, 6.07) is 4.36. The highest BCUT2D eigenvalue weighted by molar-refractivity contribution is 4.84. The lowest BCUT2D eigenvalue weighted by Gasteiger charge is -2.43. The van der Waals surface area contributed by atoms with Gasteiger partial charge in [0.1, 0.15) is 0 Å². The Morgan fingerprint density at radius 1 is 0.593 bits per heavy atom. The van der Waals surface area contributed by atoms with Gasteiger partial charge < -0.3 is 18.9 Å². The average molecular weight is 379 g/mol. The van der Waals surface area contributed by atoms with Crippen LogP contribution < -0.4 is 0 Å². The van der Waals surface area contributed by atoms with Crippen LogP contribution in [0.25, 0.3) is 0 Å². The first-order valence-electron chi connectivity index (χ1n) is 10.5. The monoisotopic (exact) mass is 378 g/mol. The molecular formula is C21H34N2O4. The van der Waals surface area contributed by atoms with Crippen molar-refractivity contribution in [3.8, 4) is 12.1 Å². The van der Waals surface area contributed by atoms with Crippen molar-refractivity contribution in [3.05, 3.63) is 0 Å². The Bertz CT molecular complexity index is 422. The predicted octanol–water partition coefficient (Wildman–Crippen LogP) is 4.45. The van der Waals surface area contributed by atoms with Crippen molar-refractivity contribution in [1.29, 1.82) is 10.5 Å². The van der Waals surface area contributed by atoms with Crippen LogP contribution >= 0.6 is 0 Å². The van der Waals surface area contributed by atoms with Crippen molar-refractivity contribution in [2.45, 2.75) is 89.6 Å². The molecule has 6 heteroatoms. The maximum Gasteiger partial charge on any atom is 0.157 e. The van der Waals surface area contributed by atoms with Gasteiger partial charge >= 0.3 is 0 Å². The van der Waals surface area contributed by atoms with Crippen molar-refractivity contribution in [2.75, 3.05) is 26.4 Å². The highest BCUT2D eigenvalue weighted by Crippen LogP contribution is 2.32. The lowest BCUT2D eigenvalue weighted by molar-refractivity contribution is -0.304. The Kier molecular flexibility index (Phi) is 10.7. The maximum absolute atomic E-state index is 8.53. The van der Waals surface area contributed by atoms with E-state index in [4.69, 9.17) is 29.5 Å². The van der Waals surface area contributed by atoms with Gasteiger partial charge in [0.05, 0.1) is 44.0 Å². The molecule has 0 saturated carbocycles. The molecule has 6 nitrogen and oxygen atoms in total. The van der Waals surface area contributed by atoms with Crippen molar-refractivity contribution in [2.24, 2.45) is 5.41 Å². The molecule has 152 valence electrons. The second kappa shape index (κ2) is 13.1. The van der Waals surface area contributed by atoms with Gasteiger partial charge in [-0.1, -0.05) is 25.7 Å². The summed E-state index contributed by atoms with van der Waals surface area (Å²) in [4.78, 5) is 0. The van der Waals surface area contributed by atoms with Crippen LogP contribution in [0.2, 0.25) is 0 Å². The van der Waals surface area contributed by atoms with E-state index in [0.717, 1.165) is 64.2 Å². The quantitative estimate of drug-likeness (QED) is 0.467. The van der Waals surface area contributed by atoms with E-state index in [1.165, 1.54) is 0 Å². The Morgan fingerprint density at radius 3 is 1.33 bits per heavy atom. The van der Waals surface area contributed by atoms with Gasteiger partial charge in [0.15, 0.2) is 12.6 Å². The zero-order chi connectivity index (χ0) is 19.2. The molecule has 2 aliphatic heterocycles. The standard InChI is InChI=1S/C21H34N2O4/c22-13-9-5-1-3-7-11-19-24-15-21(16-25-19)17-26-20(27-18-21)12-8-4-2-6-10-14-23/h19-20H,1-12,15-18H2. The number of rotatable bonds is 12. The average Bonchev–Trinajstić information content (AvgIpc) is 2.70. The van der Waals surface area contributed by atoms with Gasteiger partial charge in [0.2, 0.25) is 0 Å². The Balaban J connectivity index is 1.51. The first-order valence-corrected chi connectivity index (χ1v) is 10.5. The molecule has 0 bridgehead atoms. The zero-order valence-electron chi connectivity index (χ0n) is 16.5. The molecule has 0 aromatic heterocycles. The van der Waals surface area contributed by atoms with Crippen LogP contribution in [0.4, 0.5) is 0 Å². The Hall–Kier alpha value is -1.18. The van der Waals surface area contributed by atoms with Gasteiger partial charge in [-0.25, -0.2) is 0 Å². The van der Waals surface area contributed by atoms with E-state index < -0.39 is 0 Å². The van der Waals surface area contributed by atoms with Gasteiger partial charge in [-0.3, -0.25) is 0 Å². The molecule has 0 N–H and O–H groups in total. The molecule has 2 fully saturated rings. The Labute approximate surface area is 163 Å². The van der Waals surface area contributed by atoms with E-state index in [1.807, 2.05) is 0 Å². The summed E-state index contributed by atoms with van der Waals surface area (Å²) in [5.74, 6) is 0. The van der Waals surface area contributed by atoms with Crippen LogP contribution in [0.15, 0.2) is 0 Å². The molecule has 0 unspecified atom stereocenters. The molecular weight excluding hydrogens is 344 g/mol.